The number of carbonyl (C=O) groups is 4. The Morgan fingerprint density at radius 2 is 1.09 bits per heavy atom. The van der Waals surface area contributed by atoms with Crippen molar-refractivity contribution in [2.75, 3.05) is 40.5 Å². The van der Waals surface area contributed by atoms with Gasteiger partial charge in [-0.25, -0.2) is 0 Å². The molecule has 0 N–H and O–H groups in total. The molecule has 2 atom stereocenters. The lowest BCUT2D eigenvalue weighted by molar-refractivity contribution is -0.187. The summed E-state index contributed by atoms with van der Waals surface area (Å²) in [6.07, 6.45) is 0.428. The summed E-state index contributed by atoms with van der Waals surface area (Å²) in [5, 5.41) is 0. The SMILES string of the molecule is CN1C(C)(COC(=O)CCCC(=O)OCC2(C)COC(=O)C(C)(C)N2C)COC(=O)C1(C)C. The van der Waals surface area contributed by atoms with E-state index in [0.717, 1.165) is 0 Å². The number of ether oxygens (including phenoxy) is 4. The molecule has 2 saturated heterocycles. The van der Waals surface area contributed by atoms with E-state index in [-0.39, 0.29) is 57.6 Å². The fourth-order valence-corrected chi connectivity index (χ4v) is 3.88. The van der Waals surface area contributed by atoms with Crippen LogP contribution in [0.4, 0.5) is 0 Å². The van der Waals surface area contributed by atoms with Gasteiger partial charge in [-0.05, 0) is 62.1 Å². The van der Waals surface area contributed by atoms with Gasteiger partial charge in [-0.2, -0.15) is 0 Å². The molecule has 10 heteroatoms. The van der Waals surface area contributed by atoms with E-state index in [0.29, 0.717) is 0 Å². The lowest BCUT2D eigenvalue weighted by Gasteiger charge is -2.49. The van der Waals surface area contributed by atoms with Crippen LogP contribution in [0, 0.1) is 0 Å². The largest absolute Gasteiger partial charge is 0.464 e. The second kappa shape index (κ2) is 9.58. The molecule has 2 fully saturated rings. The molecule has 0 aromatic carbocycles. The molecule has 2 aliphatic rings. The molecule has 0 aromatic rings. The molecule has 2 heterocycles. The summed E-state index contributed by atoms with van der Waals surface area (Å²) < 4.78 is 21.4. The molecule has 188 valence electrons. The number of hydrogen-bond donors (Lipinski definition) is 0. The zero-order valence-electron chi connectivity index (χ0n) is 21.1. The molecule has 0 aromatic heterocycles. The first-order valence-corrected chi connectivity index (χ1v) is 11.2. The Bertz CT molecular complexity index is 731. The van der Waals surface area contributed by atoms with Gasteiger partial charge < -0.3 is 18.9 Å². The number of hydrogen-bond acceptors (Lipinski definition) is 10. The standard InChI is InChI=1S/C23H38N2O8/c1-20(2)18(28)32-14-22(5,24(20)7)12-30-16(26)10-9-11-17(27)31-13-23(6)15-33-19(29)21(3,4)25(23)8/h9-15H2,1-8H3. The van der Waals surface area contributed by atoms with Gasteiger partial charge in [-0.1, -0.05) is 0 Å². The second-order valence-electron chi connectivity index (χ2n) is 10.6. The average Bonchev–Trinajstić information content (AvgIpc) is 2.75. The minimum atomic E-state index is -0.820. The lowest BCUT2D eigenvalue weighted by atomic mass is 9.91. The summed E-state index contributed by atoms with van der Waals surface area (Å²) in [7, 11) is 3.60. The van der Waals surface area contributed by atoms with Crippen molar-refractivity contribution in [1.29, 1.82) is 0 Å². The van der Waals surface area contributed by atoms with Crippen LogP contribution in [0.3, 0.4) is 0 Å². The molecule has 2 aliphatic heterocycles. The van der Waals surface area contributed by atoms with Crippen molar-refractivity contribution in [3.05, 3.63) is 0 Å². The van der Waals surface area contributed by atoms with Gasteiger partial charge in [-0.15, -0.1) is 0 Å². The molecular weight excluding hydrogens is 432 g/mol. The highest BCUT2D eigenvalue weighted by Crippen LogP contribution is 2.31. The average molecular weight is 471 g/mol. The Hall–Kier alpha value is -2.20. The number of likely N-dealkylation sites (N-methyl/N-ethyl adjacent to an activating group) is 2. The van der Waals surface area contributed by atoms with Crippen molar-refractivity contribution >= 4 is 23.9 Å². The van der Waals surface area contributed by atoms with Crippen LogP contribution >= 0.6 is 0 Å². The maximum atomic E-state index is 12.2. The highest BCUT2D eigenvalue weighted by Gasteiger charge is 2.50. The first kappa shape index (κ1) is 27.0. The van der Waals surface area contributed by atoms with Gasteiger partial charge in [0.1, 0.15) is 37.5 Å². The molecular formula is C23H38N2O8. The van der Waals surface area contributed by atoms with Gasteiger partial charge in [0.2, 0.25) is 0 Å². The Labute approximate surface area is 195 Å². The van der Waals surface area contributed by atoms with Gasteiger partial charge >= 0.3 is 23.9 Å². The van der Waals surface area contributed by atoms with Gasteiger partial charge in [0.15, 0.2) is 0 Å². The Morgan fingerprint density at radius 3 is 1.42 bits per heavy atom. The van der Waals surface area contributed by atoms with E-state index < -0.39 is 34.1 Å². The number of nitrogens with zero attached hydrogens (tertiary/aromatic N) is 2. The number of morpholine rings is 2. The topological polar surface area (TPSA) is 112 Å². The maximum absolute atomic E-state index is 12.2. The third-order valence-corrected chi connectivity index (χ3v) is 7.17. The molecule has 0 amide bonds. The third kappa shape index (κ3) is 5.66. The van der Waals surface area contributed by atoms with Crippen LogP contribution in [0.2, 0.25) is 0 Å². The highest BCUT2D eigenvalue weighted by atomic mass is 16.6. The van der Waals surface area contributed by atoms with Crippen molar-refractivity contribution in [3.63, 3.8) is 0 Å². The number of cyclic esters (lactones) is 2. The number of esters is 4. The summed E-state index contributed by atoms with van der Waals surface area (Å²) in [4.78, 5) is 52.0. The monoisotopic (exact) mass is 470 g/mol. The molecule has 10 nitrogen and oxygen atoms in total. The fourth-order valence-electron chi connectivity index (χ4n) is 3.88. The smallest absolute Gasteiger partial charge is 0.326 e. The predicted octanol–water partition coefficient (Wildman–Crippen LogP) is 1.29. The molecule has 0 radical (unpaired) electrons. The molecule has 0 spiro atoms. The normalized spacial score (nSPS) is 29.7. The van der Waals surface area contributed by atoms with E-state index in [2.05, 4.69) is 0 Å². The van der Waals surface area contributed by atoms with Crippen LogP contribution < -0.4 is 0 Å². The lowest BCUT2D eigenvalue weighted by Crippen LogP contribution is -2.67. The van der Waals surface area contributed by atoms with Crippen LogP contribution in [0.5, 0.6) is 0 Å². The Kier molecular flexibility index (Phi) is 7.85. The zero-order chi connectivity index (χ0) is 25.2. The Morgan fingerprint density at radius 1 is 0.758 bits per heavy atom. The Balaban J connectivity index is 1.74. The van der Waals surface area contributed by atoms with Gasteiger partial charge in [0, 0.05) is 12.8 Å². The van der Waals surface area contributed by atoms with Crippen molar-refractivity contribution in [3.8, 4) is 0 Å². The van der Waals surface area contributed by atoms with Crippen molar-refractivity contribution in [2.45, 2.75) is 83.0 Å². The number of rotatable bonds is 8. The quantitative estimate of drug-likeness (QED) is 0.380. The molecule has 0 aliphatic carbocycles. The summed E-state index contributed by atoms with van der Waals surface area (Å²) in [6, 6.07) is 0. The third-order valence-electron chi connectivity index (χ3n) is 7.17. The van der Waals surface area contributed by atoms with Crippen LogP contribution in [0.1, 0.15) is 60.8 Å². The molecule has 33 heavy (non-hydrogen) atoms. The molecule has 2 unspecified atom stereocenters. The second-order valence-corrected chi connectivity index (χ2v) is 10.6. The summed E-state index contributed by atoms with van der Waals surface area (Å²) in [6.45, 7) is 11.2. The van der Waals surface area contributed by atoms with Crippen LogP contribution in [-0.2, 0) is 38.1 Å². The van der Waals surface area contributed by atoms with Gasteiger partial charge in [0.25, 0.3) is 0 Å². The minimum absolute atomic E-state index is 0.0693. The first-order chi connectivity index (χ1) is 15.1. The maximum Gasteiger partial charge on any atom is 0.326 e. The van der Waals surface area contributed by atoms with Crippen molar-refractivity contribution in [2.24, 2.45) is 0 Å². The zero-order valence-corrected chi connectivity index (χ0v) is 21.1. The van der Waals surface area contributed by atoms with Crippen LogP contribution in [0.15, 0.2) is 0 Å². The van der Waals surface area contributed by atoms with Crippen LogP contribution in [-0.4, -0.2) is 96.4 Å². The predicted molar refractivity (Wildman–Crippen MR) is 118 cm³/mol. The highest BCUT2D eigenvalue weighted by molar-refractivity contribution is 5.81. The minimum Gasteiger partial charge on any atom is -0.464 e. The van der Waals surface area contributed by atoms with E-state index in [4.69, 9.17) is 18.9 Å². The summed E-state index contributed by atoms with van der Waals surface area (Å²) >= 11 is 0. The molecule has 0 saturated carbocycles. The number of carbonyl (C=O) groups excluding carboxylic acids is 4. The van der Waals surface area contributed by atoms with Crippen molar-refractivity contribution in [1.82, 2.24) is 9.80 Å². The van der Waals surface area contributed by atoms with E-state index in [1.165, 1.54) is 0 Å². The van der Waals surface area contributed by atoms with E-state index >= 15 is 0 Å². The summed E-state index contributed by atoms with van der Waals surface area (Å²) in [5.41, 5.74) is -2.91. The van der Waals surface area contributed by atoms with Crippen molar-refractivity contribution < 1.29 is 38.1 Å². The van der Waals surface area contributed by atoms with Gasteiger partial charge in [-0.3, -0.25) is 29.0 Å². The summed E-state index contributed by atoms with van der Waals surface area (Å²) in [5.74, 6) is -1.50. The van der Waals surface area contributed by atoms with E-state index in [1.54, 1.807) is 41.8 Å². The first-order valence-electron chi connectivity index (χ1n) is 11.2. The molecule has 2 rings (SSSR count). The van der Waals surface area contributed by atoms with E-state index in [9.17, 15) is 19.2 Å². The van der Waals surface area contributed by atoms with Gasteiger partial charge in [0.05, 0.1) is 11.1 Å². The fraction of sp³-hybridized carbons (Fsp3) is 0.826. The van der Waals surface area contributed by atoms with Crippen LogP contribution in [0.25, 0.3) is 0 Å². The molecule has 0 bridgehead atoms. The van der Waals surface area contributed by atoms with E-state index in [1.807, 2.05) is 23.6 Å².